The smallest absolute Gasteiger partial charge is 0.319 e. The van der Waals surface area contributed by atoms with E-state index in [1.54, 1.807) is 38.3 Å². The maximum absolute atomic E-state index is 11.6. The third-order valence-electron chi connectivity index (χ3n) is 2.72. The van der Waals surface area contributed by atoms with Crippen LogP contribution in [0.3, 0.4) is 0 Å². The van der Waals surface area contributed by atoms with Crippen molar-refractivity contribution in [3.8, 4) is 5.75 Å². The second-order valence-electron chi connectivity index (χ2n) is 4.39. The van der Waals surface area contributed by atoms with Crippen molar-refractivity contribution < 1.29 is 14.6 Å². The maximum Gasteiger partial charge on any atom is 0.319 e. The maximum atomic E-state index is 11.6. The molecule has 0 unspecified atom stereocenters. The standard InChI is InChI=1S/C13H20N2O3/c1-4-13(2,17)9-14-12(16)15-10-6-5-7-11(8-10)18-3/h5-8,17H,4,9H2,1-3H3,(H2,14,15,16)/t13-/m1/s1. The topological polar surface area (TPSA) is 70.6 Å². The van der Waals surface area contributed by atoms with Gasteiger partial charge in [-0.2, -0.15) is 0 Å². The Bertz CT molecular complexity index is 405. The Morgan fingerprint density at radius 1 is 1.50 bits per heavy atom. The van der Waals surface area contributed by atoms with Crippen molar-refractivity contribution in [3.63, 3.8) is 0 Å². The van der Waals surface area contributed by atoms with Crippen LogP contribution in [0.4, 0.5) is 10.5 Å². The number of methoxy groups -OCH3 is 1. The minimum absolute atomic E-state index is 0.208. The Morgan fingerprint density at radius 3 is 2.83 bits per heavy atom. The van der Waals surface area contributed by atoms with Gasteiger partial charge in [-0.3, -0.25) is 0 Å². The molecule has 0 aliphatic heterocycles. The molecule has 0 saturated carbocycles. The van der Waals surface area contributed by atoms with Crippen molar-refractivity contribution in [3.05, 3.63) is 24.3 Å². The average molecular weight is 252 g/mol. The van der Waals surface area contributed by atoms with Crippen molar-refractivity contribution in [2.24, 2.45) is 0 Å². The van der Waals surface area contributed by atoms with E-state index in [4.69, 9.17) is 4.74 Å². The number of urea groups is 1. The average Bonchev–Trinajstić information content (AvgIpc) is 2.37. The lowest BCUT2D eigenvalue weighted by atomic mass is 10.0. The van der Waals surface area contributed by atoms with Crippen LogP contribution in [0.2, 0.25) is 0 Å². The quantitative estimate of drug-likeness (QED) is 0.750. The number of hydrogen-bond donors (Lipinski definition) is 3. The molecule has 0 aliphatic rings. The lowest BCUT2D eigenvalue weighted by Crippen LogP contribution is -2.41. The van der Waals surface area contributed by atoms with Gasteiger partial charge >= 0.3 is 6.03 Å². The van der Waals surface area contributed by atoms with Gasteiger partial charge in [-0.1, -0.05) is 13.0 Å². The number of rotatable bonds is 5. The van der Waals surface area contributed by atoms with E-state index in [2.05, 4.69) is 10.6 Å². The normalized spacial score (nSPS) is 13.6. The Labute approximate surface area is 107 Å². The van der Waals surface area contributed by atoms with E-state index in [-0.39, 0.29) is 12.6 Å². The van der Waals surface area contributed by atoms with Crippen LogP contribution in [0.1, 0.15) is 20.3 Å². The first-order chi connectivity index (χ1) is 8.46. The van der Waals surface area contributed by atoms with E-state index in [9.17, 15) is 9.90 Å². The number of benzene rings is 1. The molecular weight excluding hydrogens is 232 g/mol. The summed E-state index contributed by atoms with van der Waals surface area (Å²) in [6.45, 7) is 3.75. The molecule has 0 bridgehead atoms. The molecule has 1 aromatic carbocycles. The van der Waals surface area contributed by atoms with Crippen molar-refractivity contribution in [1.82, 2.24) is 5.32 Å². The van der Waals surface area contributed by atoms with Gasteiger partial charge in [0.25, 0.3) is 0 Å². The molecule has 0 fully saturated rings. The fraction of sp³-hybridized carbons (Fsp3) is 0.462. The number of carbonyl (C=O) groups is 1. The predicted octanol–water partition coefficient (Wildman–Crippen LogP) is 1.98. The molecule has 0 spiro atoms. The Balaban J connectivity index is 2.49. The highest BCUT2D eigenvalue weighted by Crippen LogP contribution is 2.16. The Morgan fingerprint density at radius 2 is 2.22 bits per heavy atom. The number of anilines is 1. The van der Waals surface area contributed by atoms with Gasteiger partial charge in [-0.05, 0) is 25.5 Å². The molecule has 2 amide bonds. The van der Waals surface area contributed by atoms with Crippen LogP contribution in [0.25, 0.3) is 0 Å². The Hall–Kier alpha value is -1.75. The van der Waals surface area contributed by atoms with Crippen LogP contribution in [0, 0.1) is 0 Å². The van der Waals surface area contributed by atoms with Crippen LogP contribution in [-0.4, -0.2) is 30.4 Å². The zero-order valence-electron chi connectivity index (χ0n) is 11.0. The SMILES string of the molecule is CC[C@@](C)(O)CNC(=O)Nc1cccc(OC)c1. The fourth-order valence-corrected chi connectivity index (χ4v) is 1.27. The summed E-state index contributed by atoms with van der Waals surface area (Å²) in [5, 5.41) is 15.0. The third-order valence-corrected chi connectivity index (χ3v) is 2.72. The van der Waals surface area contributed by atoms with Gasteiger partial charge in [-0.25, -0.2) is 4.79 Å². The first-order valence-electron chi connectivity index (χ1n) is 5.88. The molecule has 18 heavy (non-hydrogen) atoms. The number of hydrogen-bond acceptors (Lipinski definition) is 3. The summed E-state index contributed by atoms with van der Waals surface area (Å²) in [4.78, 5) is 11.6. The van der Waals surface area contributed by atoms with Gasteiger partial charge in [0.15, 0.2) is 0 Å². The van der Waals surface area contributed by atoms with Gasteiger partial charge in [0.2, 0.25) is 0 Å². The predicted molar refractivity (Wildman–Crippen MR) is 70.9 cm³/mol. The number of carbonyl (C=O) groups excluding carboxylic acids is 1. The third kappa shape index (κ3) is 4.63. The summed E-state index contributed by atoms with van der Waals surface area (Å²) < 4.78 is 5.06. The molecule has 3 N–H and O–H groups in total. The molecule has 5 heteroatoms. The zero-order chi connectivity index (χ0) is 13.6. The number of aliphatic hydroxyl groups is 1. The second kappa shape index (κ2) is 6.26. The van der Waals surface area contributed by atoms with Gasteiger partial charge in [-0.15, -0.1) is 0 Å². The summed E-state index contributed by atoms with van der Waals surface area (Å²) in [5.74, 6) is 0.674. The molecule has 0 aromatic heterocycles. The highest BCUT2D eigenvalue weighted by Gasteiger charge is 2.18. The molecular formula is C13H20N2O3. The largest absolute Gasteiger partial charge is 0.497 e. The van der Waals surface area contributed by atoms with Gasteiger partial charge < -0.3 is 20.5 Å². The van der Waals surface area contributed by atoms with Gasteiger partial charge in [0.05, 0.1) is 12.7 Å². The van der Waals surface area contributed by atoms with E-state index in [0.29, 0.717) is 17.9 Å². The lowest BCUT2D eigenvalue weighted by Gasteiger charge is -2.21. The molecule has 5 nitrogen and oxygen atoms in total. The van der Waals surface area contributed by atoms with Crippen LogP contribution in [0.5, 0.6) is 5.75 Å². The number of nitrogens with one attached hydrogen (secondary N) is 2. The minimum atomic E-state index is -0.883. The second-order valence-corrected chi connectivity index (χ2v) is 4.39. The molecule has 1 atom stereocenters. The van der Waals surface area contributed by atoms with Gasteiger partial charge in [0.1, 0.15) is 5.75 Å². The fourth-order valence-electron chi connectivity index (χ4n) is 1.27. The molecule has 1 rings (SSSR count). The van der Waals surface area contributed by atoms with Crippen molar-refractivity contribution in [2.45, 2.75) is 25.9 Å². The molecule has 0 heterocycles. The molecule has 0 aliphatic carbocycles. The van der Waals surface area contributed by atoms with Crippen LogP contribution in [-0.2, 0) is 0 Å². The van der Waals surface area contributed by atoms with Crippen molar-refractivity contribution >= 4 is 11.7 Å². The molecule has 0 radical (unpaired) electrons. The van der Waals surface area contributed by atoms with Crippen LogP contribution < -0.4 is 15.4 Å². The van der Waals surface area contributed by atoms with Crippen molar-refractivity contribution in [1.29, 1.82) is 0 Å². The summed E-state index contributed by atoms with van der Waals surface area (Å²) in [6, 6.07) is 6.72. The van der Waals surface area contributed by atoms with E-state index in [0.717, 1.165) is 0 Å². The first-order valence-corrected chi connectivity index (χ1v) is 5.88. The Kier molecular flexibility index (Phi) is 4.97. The summed E-state index contributed by atoms with van der Waals surface area (Å²) in [6.07, 6.45) is 0.576. The lowest BCUT2D eigenvalue weighted by molar-refractivity contribution is 0.0587. The highest BCUT2D eigenvalue weighted by molar-refractivity contribution is 5.89. The molecule has 0 saturated heterocycles. The molecule has 1 aromatic rings. The van der Waals surface area contributed by atoms with E-state index in [1.165, 1.54) is 0 Å². The van der Waals surface area contributed by atoms with E-state index in [1.807, 2.05) is 6.92 Å². The monoisotopic (exact) mass is 252 g/mol. The van der Waals surface area contributed by atoms with E-state index >= 15 is 0 Å². The van der Waals surface area contributed by atoms with Crippen molar-refractivity contribution in [2.75, 3.05) is 19.0 Å². The zero-order valence-corrected chi connectivity index (χ0v) is 11.0. The van der Waals surface area contributed by atoms with E-state index < -0.39 is 5.60 Å². The van der Waals surface area contributed by atoms with Crippen LogP contribution >= 0.6 is 0 Å². The summed E-state index contributed by atoms with van der Waals surface area (Å²) in [7, 11) is 1.57. The number of ether oxygens (including phenoxy) is 1. The van der Waals surface area contributed by atoms with Crippen LogP contribution in [0.15, 0.2) is 24.3 Å². The summed E-state index contributed by atoms with van der Waals surface area (Å²) in [5.41, 5.74) is -0.242. The summed E-state index contributed by atoms with van der Waals surface area (Å²) >= 11 is 0. The first kappa shape index (κ1) is 14.3. The highest BCUT2D eigenvalue weighted by atomic mass is 16.5. The van der Waals surface area contributed by atoms with Gasteiger partial charge in [0, 0.05) is 18.3 Å². The minimum Gasteiger partial charge on any atom is -0.497 e. The number of amides is 2. The molecule has 100 valence electrons.